The van der Waals surface area contributed by atoms with Crippen LogP contribution in [-0.4, -0.2) is 23.8 Å². The molecule has 2 nitrogen and oxygen atoms in total. The molecule has 0 bridgehead atoms. The summed E-state index contributed by atoms with van der Waals surface area (Å²) in [4.78, 5) is 0. The minimum Gasteiger partial charge on any atom is -0.389 e. The minimum atomic E-state index is -0.383. The maximum absolute atomic E-state index is 10.3. The van der Waals surface area contributed by atoms with Crippen LogP contribution < -0.4 is 5.32 Å². The van der Waals surface area contributed by atoms with E-state index in [4.69, 9.17) is 0 Å². The van der Waals surface area contributed by atoms with Gasteiger partial charge in [-0.05, 0) is 56.4 Å². The van der Waals surface area contributed by atoms with Gasteiger partial charge in [0.05, 0.1) is 5.60 Å². The molecule has 88 valence electrons. The molecule has 1 saturated carbocycles. The maximum atomic E-state index is 10.3. The first kappa shape index (κ1) is 11.4. The minimum absolute atomic E-state index is 0.383. The van der Waals surface area contributed by atoms with Gasteiger partial charge in [-0.3, -0.25) is 0 Å². The standard InChI is InChI=1S/C13H25NO/c1-12(2)5-3-11(4-6-12)9-13(15)7-8-14-10-13/h11,14-15H,3-10H2,1-2H3. The molecule has 2 fully saturated rings. The molecule has 15 heavy (non-hydrogen) atoms. The van der Waals surface area contributed by atoms with Crippen LogP contribution in [0.3, 0.4) is 0 Å². The summed E-state index contributed by atoms with van der Waals surface area (Å²) in [6.45, 7) is 6.55. The van der Waals surface area contributed by atoms with Crippen molar-refractivity contribution in [3.05, 3.63) is 0 Å². The van der Waals surface area contributed by atoms with Crippen LogP contribution in [0.5, 0.6) is 0 Å². The largest absolute Gasteiger partial charge is 0.389 e. The topological polar surface area (TPSA) is 32.3 Å². The van der Waals surface area contributed by atoms with Crippen molar-refractivity contribution < 1.29 is 5.11 Å². The molecule has 1 saturated heterocycles. The lowest BCUT2D eigenvalue weighted by molar-refractivity contribution is 0.0212. The van der Waals surface area contributed by atoms with Crippen molar-refractivity contribution >= 4 is 0 Å². The average Bonchev–Trinajstić information content (AvgIpc) is 2.57. The van der Waals surface area contributed by atoms with Gasteiger partial charge in [0.15, 0.2) is 0 Å². The molecule has 2 heteroatoms. The fraction of sp³-hybridized carbons (Fsp3) is 1.00. The Balaban J connectivity index is 1.81. The number of β-amino-alcohol motifs (C(OH)–C–C–N with tert-alkyl or cyclic N) is 1. The Bertz CT molecular complexity index is 209. The van der Waals surface area contributed by atoms with Crippen LogP contribution in [0.15, 0.2) is 0 Å². The summed E-state index contributed by atoms with van der Waals surface area (Å²) in [5.74, 6) is 0.767. The highest BCUT2D eigenvalue weighted by Gasteiger charge is 2.36. The Hall–Kier alpha value is -0.0800. The first-order valence-corrected chi connectivity index (χ1v) is 6.42. The van der Waals surface area contributed by atoms with Gasteiger partial charge < -0.3 is 10.4 Å². The van der Waals surface area contributed by atoms with E-state index in [0.717, 1.165) is 31.8 Å². The van der Waals surface area contributed by atoms with Crippen molar-refractivity contribution in [2.45, 2.75) is 58.0 Å². The highest BCUT2D eigenvalue weighted by atomic mass is 16.3. The van der Waals surface area contributed by atoms with E-state index in [2.05, 4.69) is 19.2 Å². The van der Waals surface area contributed by atoms with Crippen LogP contribution in [0.1, 0.15) is 52.4 Å². The first-order valence-electron chi connectivity index (χ1n) is 6.42. The van der Waals surface area contributed by atoms with E-state index < -0.39 is 0 Å². The Morgan fingerprint density at radius 2 is 1.87 bits per heavy atom. The zero-order valence-electron chi connectivity index (χ0n) is 10.2. The van der Waals surface area contributed by atoms with Gasteiger partial charge in [0.25, 0.3) is 0 Å². The van der Waals surface area contributed by atoms with E-state index in [1.54, 1.807) is 0 Å². The number of hydrogen-bond donors (Lipinski definition) is 2. The van der Waals surface area contributed by atoms with Gasteiger partial charge in [-0.2, -0.15) is 0 Å². The van der Waals surface area contributed by atoms with E-state index >= 15 is 0 Å². The van der Waals surface area contributed by atoms with E-state index in [0.29, 0.717) is 5.41 Å². The quantitative estimate of drug-likeness (QED) is 0.734. The molecule has 1 aliphatic carbocycles. The van der Waals surface area contributed by atoms with Crippen LogP contribution in [0, 0.1) is 11.3 Å². The monoisotopic (exact) mass is 211 g/mol. The van der Waals surface area contributed by atoms with Gasteiger partial charge in [-0.15, -0.1) is 0 Å². The highest BCUT2D eigenvalue weighted by molar-refractivity contribution is 4.91. The Morgan fingerprint density at radius 3 is 2.40 bits per heavy atom. The number of aliphatic hydroxyl groups is 1. The van der Waals surface area contributed by atoms with Crippen molar-refractivity contribution in [1.29, 1.82) is 0 Å². The van der Waals surface area contributed by atoms with Gasteiger partial charge in [0.2, 0.25) is 0 Å². The third-order valence-corrected chi connectivity index (χ3v) is 4.35. The van der Waals surface area contributed by atoms with Crippen molar-refractivity contribution in [3.8, 4) is 0 Å². The molecule has 2 rings (SSSR count). The first-order chi connectivity index (χ1) is 6.99. The summed E-state index contributed by atoms with van der Waals surface area (Å²) in [5, 5.41) is 13.6. The zero-order chi connectivity index (χ0) is 10.9. The molecule has 0 aromatic carbocycles. The van der Waals surface area contributed by atoms with Crippen LogP contribution in [0.25, 0.3) is 0 Å². The van der Waals surface area contributed by atoms with Crippen molar-refractivity contribution in [3.63, 3.8) is 0 Å². The predicted molar refractivity (Wildman–Crippen MR) is 62.8 cm³/mol. The number of nitrogens with one attached hydrogen (secondary N) is 1. The third-order valence-electron chi connectivity index (χ3n) is 4.35. The molecular weight excluding hydrogens is 186 g/mol. The maximum Gasteiger partial charge on any atom is 0.0786 e. The second kappa shape index (κ2) is 4.06. The van der Waals surface area contributed by atoms with Gasteiger partial charge in [0.1, 0.15) is 0 Å². The Morgan fingerprint density at radius 1 is 1.20 bits per heavy atom. The second-order valence-corrected chi connectivity index (χ2v) is 6.46. The van der Waals surface area contributed by atoms with Gasteiger partial charge in [-0.1, -0.05) is 13.8 Å². The molecule has 1 heterocycles. The lowest BCUT2D eigenvalue weighted by atomic mass is 9.70. The van der Waals surface area contributed by atoms with Gasteiger partial charge in [-0.25, -0.2) is 0 Å². The molecule has 0 radical (unpaired) electrons. The molecule has 0 aromatic rings. The third kappa shape index (κ3) is 2.94. The van der Waals surface area contributed by atoms with E-state index in [9.17, 15) is 5.11 Å². The van der Waals surface area contributed by atoms with Gasteiger partial charge in [0, 0.05) is 6.54 Å². The van der Waals surface area contributed by atoms with Gasteiger partial charge >= 0.3 is 0 Å². The average molecular weight is 211 g/mol. The molecular formula is C13H25NO. The normalized spacial score (nSPS) is 37.0. The predicted octanol–water partition coefficient (Wildman–Crippen LogP) is 2.32. The Kier molecular flexibility index (Phi) is 3.09. The highest BCUT2D eigenvalue weighted by Crippen LogP contribution is 2.41. The van der Waals surface area contributed by atoms with Crippen LogP contribution in [-0.2, 0) is 0 Å². The van der Waals surface area contributed by atoms with E-state index in [-0.39, 0.29) is 5.60 Å². The summed E-state index contributed by atoms with van der Waals surface area (Å²) in [6.07, 6.45) is 7.27. The molecule has 1 aliphatic heterocycles. The smallest absolute Gasteiger partial charge is 0.0786 e. The van der Waals surface area contributed by atoms with Crippen LogP contribution >= 0.6 is 0 Å². The molecule has 0 spiro atoms. The summed E-state index contributed by atoms with van der Waals surface area (Å²) < 4.78 is 0. The number of hydrogen-bond acceptors (Lipinski definition) is 2. The Labute approximate surface area is 93.5 Å². The molecule has 1 atom stereocenters. The number of rotatable bonds is 2. The van der Waals surface area contributed by atoms with E-state index in [1.807, 2.05) is 0 Å². The van der Waals surface area contributed by atoms with Crippen molar-refractivity contribution in [2.75, 3.05) is 13.1 Å². The molecule has 0 amide bonds. The zero-order valence-corrected chi connectivity index (χ0v) is 10.2. The second-order valence-electron chi connectivity index (χ2n) is 6.46. The fourth-order valence-electron chi connectivity index (χ4n) is 3.11. The fourth-order valence-corrected chi connectivity index (χ4v) is 3.11. The van der Waals surface area contributed by atoms with Crippen molar-refractivity contribution in [1.82, 2.24) is 5.32 Å². The lowest BCUT2D eigenvalue weighted by Crippen LogP contribution is -2.35. The summed E-state index contributed by atoms with van der Waals surface area (Å²) in [5.41, 5.74) is 0.166. The van der Waals surface area contributed by atoms with Crippen LogP contribution in [0.4, 0.5) is 0 Å². The molecule has 1 unspecified atom stereocenters. The molecule has 0 aromatic heterocycles. The summed E-state index contributed by atoms with van der Waals surface area (Å²) >= 11 is 0. The van der Waals surface area contributed by atoms with Crippen LogP contribution in [0.2, 0.25) is 0 Å². The molecule has 2 N–H and O–H groups in total. The molecule has 2 aliphatic rings. The van der Waals surface area contributed by atoms with E-state index in [1.165, 1.54) is 25.7 Å². The lowest BCUT2D eigenvalue weighted by Gasteiger charge is -2.37. The summed E-state index contributed by atoms with van der Waals surface area (Å²) in [7, 11) is 0. The van der Waals surface area contributed by atoms with Crippen molar-refractivity contribution in [2.24, 2.45) is 11.3 Å². The SMILES string of the molecule is CC1(C)CCC(CC2(O)CCNC2)CC1. The summed E-state index contributed by atoms with van der Waals surface area (Å²) in [6, 6.07) is 0.